The number of fused-ring (bicyclic) bond motifs is 1. The Morgan fingerprint density at radius 2 is 1.96 bits per heavy atom. The SMILES string of the molecule is CCN(CC)c1ccc2cc(C(=O)NC[C@@H](N)C(=O)O)c(=O)oc2c1. The molecular weight excluding hydrogens is 326 g/mol. The van der Waals surface area contributed by atoms with E-state index in [1.54, 1.807) is 12.1 Å². The summed E-state index contributed by atoms with van der Waals surface area (Å²) in [6.07, 6.45) is 0. The second kappa shape index (κ2) is 7.80. The average Bonchev–Trinajstić information content (AvgIpc) is 2.59. The van der Waals surface area contributed by atoms with E-state index < -0.39 is 23.5 Å². The number of anilines is 1. The Balaban J connectivity index is 2.30. The Kier molecular flexibility index (Phi) is 5.76. The lowest BCUT2D eigenvalue weighted by atomic mass is 10.1. The van der Waals surface area contributed by atoms with Gasteiger partial charge in [-0.1, -0.05) is 0 Å². The Labute approximate surface area is 144 Å². The molecule has 2 aromatic rings. The highest BCUT2D eigenvalue weighted by molar-refractivity contribution is 5.97. The number of rotatable bonds is 7. The van der Waals surface area contributed by atoms with Crippen molar-refractivity contribution in [2.24, 2.45) is 5.73 Å². The largest absolute Gasteiger partial charge is 0.480 e. The van der Waals surface area contributed by atoms with Crippen molar-refractivity contribution in [1.82, 2.24) is 5.32 Å². The summed E-state index contributed by atoms with van der Waals surface area (Å²) >= 11 is 0. The van der Waals surface area contributed by atoms with Crippen LogP contribution in [-0.4, -0.2) is 42.7 Å². The summed E-state index contributed by atoms with van der Waals surface area (Å²) in [5, 5.41) is 11.6. The highest BCUT2D eigenvalue weighted by Crippen LogP contribution is 2.21. The van der Waals surface area contributed by atoms with E-state index >= 15 is 0 Å². The molecule has 2 rings (SSSR count). The lowest BCUT2D eigenvalue weighted by Crippen LogP contribution is -2.43. The number of hydrogen-bond donors (Lipinski definition) is 3. The Morgan fingerprint density at radius 1 is 1.28 bits per heavy atom. The minimum absolute atomic E-state index is 0.194. The fraction of sp³-hybridized carbons (Fsp3) is 0.353. The maximum absolute atomic E-state index is 12.1. The van der Waals surface area contributed by atoms with Gasteiger partial charge in [-0.3, -0.25) is 9.59 Å². The molecule has 0 saturated heterocycles. The molecule has 0 aliphatic rings. The van der Waals surface area contributed by atoms with E-state index in [0.29, 0.717) is 11.0 Å². The zero-order chi connectivity index (χ0) is 18.6. The van der Waals surface area contributed by atoms with Crippen LogP contribution in [0.3, 0.4) is 0 Å². The van der Waals surface area contributed by atoms with Crippen LogP contribution in [0.15, 0.2) is 33.5 Å². The first-order valence-corrected chi connectivity index (χ1v) is 7.96. The van der Waals surface area contributed by atoms with Crippen molar-refractivity contribution in [3.8, 4) is 0 Å². The summed E-state index contributed by atoms with van der Waals surface area (Å²) in [5.41, 5.74) is 5.65. The minimum atomic E-state index is -1.24. The predicted molar refractivity (Wildman–Crippen MR) is 94.0 cm³/mol. The van der Waals surface area contributed by atoms with Crippen molar-refractivity contribution in [2.45, 2.75) is 19.9 Å². The van der Waals surface area contributed by atoms with Crippen LogP contribution in [0.4, 0.5) is 5.69 Å². The van der Waals surface area contributed by atoms with E-state index in [1.807, 2.05) is 19.9 Å². The number of benzene rings is 1. The molecule has 1 atom stereocenters. The molecule has 0 radical (unpaired) electrons. The Morgan fingerprint density at radius 3 is 2.56 bits per heavy atom. The molecule has 0 unspecified atom stereocenters. The van der Waals surface area contributed by atoms with Gasteiger partial charge in [0.1, 0.15) is 17.2 Å². The van der Waals surface area contributed by atoms with Gasteiger partial charge in [-0.15, -0.1) is 0 Å². The first-order valence-electron chi connectivity index (χ1n) is 7.96. The molecule has 0 spiro atoms. The van der Waals surface area contributed by atoms with Crippen LogP contribution in [0.5, 0.6) is 0 Å². The molecule has 1 amide bonds. The molecule has 4 N–H and O–H groups in total. The van der Waals surface area contributed by atoms with Gasteiger partial charge in [0, 0.05) is 36.8 Å². The number of aliphatic carboxylic acids is 1. The fourth-order valence-corrected chi connectivity index (χ4v) is 2.43. The lowest BCUT2D eigenvalue weighted by Gasteiger charge is -2.21. The number of carboxylic acids is 1. The number of carboxylic acid groups (broad SMARTS) is 1. The summed E-state index contributed by atoms with van der Waals surface area (Å²) in [5.74, 6) is -1.96. The van der Waals surface area contributed by atoms with Crippen molar-refractivity contribution < 1.29 is 19.1 Å². The van der Waals surface area contributed by atoms with E-state index in [0.717, 1.165) is 18.8 Å². The van der Waals surface area contributed by atoms with Crippen LogP contribution in [0.2, 0.25) is 0 Å². The molecule has 0 bridgehead atoms. The summed E-state index contributed by atoms with van der Waals surface area (Å²) in [6.45, 7) is 5.40. The molecule has 0 fully saturated rings. The normalized spacial score (nSPS) is 12.0. The zero-order valence-electron chi connectivity index (χ0n) is 14.1. The summed E-state index contributed by atoms with van der Waals surface area (Å²) in [7, 11) is 0. The van der Waals surface area contributed by atoms with E-state index in [2.05, 4.69) is 10.2 Å². The number of carbonyl (C=O) groups excluding carboxylic acids is 1. The van der Waals surface area contributed by atoms with E-state index in [9.17, 15) is 14.4 Å². The van der Waals surface area contributed by atoms with Crippen molar-refractivity contribution >= 4 is 28.5 Å². The third-order valence-electron chi connectivity index (χ3n) is 3.89. The maximum Gasteiger partial charge on any atom is 0.349 e. The topological polar surface area (TPSA) is 126 Å². The highest BCUT2D eigenvalue weighted by atomic mass is 16.4. The molecule has 1 aromatic heterocycles. The summed E-state index contributed by atoms with van der Waals surface area (Å²) in [4.78, 5) is 36.9. The molecule has 8 heteroatoms. The van der Waals surface area contributed by atoms with Crippen LogP contribution in [0, 0.1) is 0 Å². The van der Waals surface area contributed by atoms with E-state index in [4.69, 9.17) is 15.3 Å². The minimum Gasteiger partial charge on any atom is -0.480 e. The van der Waals surface area contributed by atoms with E-state index in [-0.39, 0.29) is 12.1 Å². The van der Waals surface area contributed by atoms with Crippen LogP contribution >= 0.6 is 0 Å². The second-order valence-corrected chi connectivity index (χ2v) is 5.50. The third kappa shape index (κ3) is 4.16. The van der Waals surface area contributed by atoms with E-state index in [1.165, 1.54) is 6.07 Å². The number of nitrogens with one attached hydrogen (secondary N) is 1. The molecule has 8 nitrogen and oxygen atoms in total. The predicted octanol–water partition coefficient (Wildman–Crippen LogP) is 0.781. The second-order valence-electron chi connectivity index (χ2n) is 5.50. The highest BCUT2D eigenvalue weighted by Gasteiger charge is 2.17. The van der Waals surface area contributed by atoms with Gasteiger partial charge in [-0.2, -0.15) is 0 Å². The van der Waals surface area contributed by atoms with Crippen LogP contribution in [0.1, 0.15) is 24.2 Å². The van der Waals surface area contributed by atoms with Crippen molar-refractivity contribution in [1.29, 1.82) is 0 Å². The van der Waals surface area contributed by atoms with Gasteiger partial charge in [0.15, 0.2) is 0 Å². The van der Waals surface area contributed by atoms with Gasteiger partial charge in [0.05, 0.1) is 0 Å². The maximum atomic E-state index is 12.1. The quantitative estimate of drug-likeness (QED) is 0.632. The first kappa shape index (κ1) is 18.5. The molecule has 0 aliphatic carbocycles. The standard InChI is InChI=1S/C17H21N3O5/c1-3-20(4-2)11-6-5-10-7-12(17(24)25-14(10)8-11)15(21)19-9-13(18)16(22)23/h5-8,13H,3-4,9,18H2,1-2H3,(H,19,21)(H,22,23)/t13-/m1/s1. The molecule has 0 aliphatic heterocycles. The van der Waals surface area contributed by atoms with Gasteiger partial charge >= 0.3 is 11.6 Å². The third-order valence-corrected chi connectivity index (χ3v) is 3.89. The molecule has 134 valence electrons. The average molecular weight is 347 g/mol. The molecular formula is C17H21N3O5. The fourth-order valence-electron chi connectivity index (χ4n) is 2.43. The number of carbonyl (C=O) groups is 2. The van der Waals surface area contributed by atoms with Crippen LogP contribution in [0.25, 0.3) is 11.0 Å². The number of amides is 1. The molecule has 1 heterocycles. The number of nitrogens with zero attached hydrogens (tertiary/aromatic N) is 1. The summed E-state index contributed by atoms with van der Waals surface area (Å²) in [6, 6.07) is 5.59. The zero-order valence-corrected chi connectivity index (χ0v) is 14.1. The van der Waals surface area contributed by atoms with Crippen molar-refractivity contribution in [3.05, 3.63) is 40.2 Å². The Hall–Kier alpha value is -2.87. The first-order chi connectivity index (χ1) is 11.9. The monoisotopic (exact) mass is 347 g/mol. The van der Waals surface area contributed by atoms with Crippen molar-refractivity contribution in [2.75, 3.05) is 24.5 Å². The lowest BCUT2D eigenvalue weighted by molar-refractivity contribution is -0.138. The van der Waals surface area contributed by atoms with Crippen LogP contribution in [-0.2, 0) is 4.79 Å². The molecule has 0 saturated carbocycles. The van der Waals surface area contributed by atoms with Crippen molar-refractivity contribution in [3.63, 3.8) is 0 Å². The molecule has 25 heavy (non-hydrogen) atoms. The molecule has 1 aromatic carbocycles. The van der Waals surface area contributed by atoms with Gasteiger partial charge in [-0.05, 0) is 32.0 Å². The summed E-state index contributed by atoms with van der Waals surface area (Å²) < 4.78 is 5.26. The van der Waals surface area contributed by atoms with Gasteiger partial charge in [0.2, 0.25) is 0 Å². The van der Waals surface area contributed by atoms with Gasteiger partial charge in [0.25, 0.3) is 5.91 Å². The smallest absolute Gasteiger partial charge is 0.349 e. The number of hydrogen-bond acceptors (Lipinski definition) is 6. The Bertz CT molecular complexity index is 842. The van der Waals surface area contributed by atoms with Crippen LogP contribution < -0.4 is 21.6 Å². The van der Waals surface area contributed by atoms with Gasteiger partial charge < -0.3 is 25.5 Å². The number of nitrogens with two attached hydrogens (primary N) is 1. The van der Waals surface area contributed by atoms with Gasteiger partial charge in [-0.25, -0.2) is 4.79 Å².